The third kappa shape index (κ3) is 11.6. The number of aliphatic carboxylic acids is 1. The van der Waals surface area contributed by atoms with Crippen molar-refractivity contribution in [3.8, 4) is 11.8 Å². The largest absolute Gasteiger partial charge is 0.480 e. The molecule has 35 heavy (non-hydrogen) atoms. The molecule has 0 aliphatic rings. The molecule has 186 valence electrons. The Kier molecular flexibility index (Phi) is 10.6. The van der Waals surface area contributed by atoms with Crippen LogP contribution in [0.25, 0.3) is 0 Å². The van der Waals surface area contributed by atoms with Gasteiger partial charge in [0.15, 0.2) is 0 Å². The lowest BCUT2D eigenvalue weighted by Crippen LogP contribution is -2.43. The first-order chi connectivity index (χ1) is 16.6. The number of hydrogen-bond donors (Lipinski definition) is 3. The predicted octanol–water partition coefficient (Wildman–Crippen LogP) is 4.27. The summed E-state index contributed by atoms with van der Waals surface area (Å²) in [5, 5.41) is 14.4. The van der Waals surface area contributed by atoms with Crippen molar-refractivity contribution in [1.82, 2.24) is 10.6 Å². The Hall–Kier alpha value is -3.99. The smallest absolute Gasteiger partial charge is 0.408 e. The van der Waals surface area contributed by atoms with Crippen LogP contribution in [-0.2, 0) is 27.3 Å². The van der Waals surface area contributed by atoms with Crippen molar-refractivity contribution in [2.75, 3.05) is 6.54 Å². The molecule has 2 aromatic carbocycles. The van der Waals surface area contributed by atoms with Gasteiger partial charge in [0.05, 0.1) is 0 Å². The Bertz CT molecular complexity index is 1030. The van der Waals surface area contributed by atoms with Crippen LogP contribution in [0.1, 0.15) is 50.3 Å². The number of amides is 2. The lowest BCUT2D eigenvalue weighted by molar-refractivity contribution is -0.139. The van der Waals surface area contributed by atoms with Gasteiger partial charge >= 0.3 is 18.2 Å². The Morgan fingerprint density at radius 2 is 1.66 bits per heavy atom. The molecule has 0 spiro atoms. The molecule has 1 unspecified atom stereocenters. The standard InChI is InChI=1S/C27H32N2O6/c1-27(2,3)35-26(33)29-23(24(30)31)17-16-21-14-12-20(13-15-21)9-7-8-18-28-25(32)34-19-22-10-5-4-6-11-22/h4-6,10-15,23H,8,16-19H2,1-3H3,(H,28,32)(H,29,33)(H,30,31). The number of rotatable bonds is 9. The summed E-state index contributed by atoms with van der Waals surface area (Å²) in [6, 6.07) is 15.8. The van der Waals surface area contributed by atoms with Crippen LogP contribution in [0, 0.1) is 11.8 Å². The summed E-state index contributed by atoms with van der Waals surface area (Å²) in [6.07, 6.45) is -0.0739. The predicted molar refractivity (Wildman–Crippen MR) is 132 cm³/mol. The number of hydrogen-bond acceptors (Lipinski definition) is 5. The zero-order valence-electron chi connectivity index (χ0n) is 20.3. The third-order valence-corrected chi connectivity index (χ3v) is 4.63. The molecule has 0 saturated heterocycles. The topological polar surface area (TPSA) is 114 Å². The molecule has 8 heteroatoms. The van der Waals surface area contributed by atoms with Gasteiger partial charge in [0.2, 0.25) is 0 Å². The number of alkyl carbamates (subject to hydrolysis) is 2. The zero-order valence-corrected chi connectivity index (χ0v) is 20.3. The molecule has 2 amide bonds. The molecule has 0 bridgehead atoms. The van der Waals surface area contributed by atoms with Crippen LogP contribution in [0.5, 0.6) is 0 Å². The van der Waals surface area contributed by atoms with Crippen molar-refractivity contribution in [3.63, 3.8) is 0 Å². The Balaban J connectivity index is 1.71. The molecular weight excluding hydrogens is 448 g/mol. The molecule has 0 fully saturated rings. The fourth-order valence-corrected chi connectivity index (χ4v) is 2.94. The number of nitrogens with one attached hydrogen (secondary N) is 2. The summed E-state index contributed by atoms with van der Waals surface area (Å²) >= 11 is 0. The van der Waals surface area contributed by atoms with Crippen LogP contribution in [0.4, 0.5) is 9.59 Å². The number of carbonyl (C=O) groups excluding carboxylic acids is 2. The van der Waals surface area contributed by atoms with Gasteiger partial charge in [-0.1, -0.05) is 54.3 Å². The van der Waals surface area contributed by atoms with Crippen LogP contribution in [-0.4, -0.2) is 41.4 Å². The molecule has 2 aromatic rings. The fourth-order valence-electron chi connectivity index (χ4n) is 2.94. The van der Waals surface area contributed by atoms with E-state index in [-0.39, 0.29) is 13.0 Å². The number of carbonyl (C=O) groups is 3. The summed E-state index contributed by atoms with van der Waals surface area (Å²) in [4.78, 5) is 35.0. The highest BCUT2D eigenvalue weighted by Gasteiger charge is 2.23. The number of carboxylic acid groups (broad SMARTS) is 1. The molecule has 0 heterocycles. The van der Waals surface area contributed by atoms with E-state index in [9.17, 15) is 19.5 Å². The summed E-state index contributed by atoms with van der Waals surface area (Å²) < 4.78 is 10.3. The molecule has 2 rings (SSSR count). The van der Waals surface area contributed by atoms with Crippen molar-refractivity contribution in [2.45, 2.75) is 58.3 Å². The maximum absolute atomic E-state index is 11.9. The summed E-state index contributed by atoms with van der Waals surface area (Å²) in [5.41, 5.74) is 1.95. The Morgan fingerprint density at radius 1 is 0.971 bits per heavy atom. The van der Waals surface area contributed by atoms with E-state index in [2.05, 4.69) is 22.5 Å². The van der Waals surface area contributed by atoms with E-state index in [1.807, 2.05) is 54.6 Å². The minimum atomic E-state index is -1.11. The van der Waals surface area contributed by atoms with Gasteiger partial charge in [-0.25, -0.2) is 14.4 Å². The zero-order chi connectivity index (χ0) is 25.7. The van der Waals surface area contributed by atoms with Crippen molar-refractivity contribution in [2.24, 2.45) is 0 Å². The SMILES string of the molecule is CC(C)(C)OC(=O)NC(CCc1ccc(C#CCCNC(=O)OCc2ccccc2)cc1)C(=O)O. The maximum atomic E-state index is 11.9. The Labute approximate surface area is 206 Å². The van der Waals surface area contributed by atoms with Crippen molar-refractivity contribution >= 4 is 18.2 Å². The number of ether oxygens (including phenoxy) is 2. The third-order valence-electron chi connectivity index (χ3n) is 4.63. The maximum Gasteiger partial charge on any atom is 0.408 e. The number of benzene rings is 2. The van der Waals surface area contributed by atoms with Crippen molar-refractivity contribution in [3.05, 3.63) is 71.3 Å². The molecule has 0 aliphatic heterocycles. The highest BCUT2D eigenvalue weighted by atomic mass is 16.6. The molecule has 0 radical (unpaired) electrons. The first-order valence-electron chi connectivity index (χ1n) is 11.4. The van der Waals surface area contributed by atoms with Gasteiger partial charge in [0.1, 0.15) is 18.2 Å². The molecule has 1 atom stereocenters. The van der Waals surface area contributed by atoms with E-state index in [1.165, 1.54) is 0 Å². The van der Waals surface area contributed by atoms with Gasteiger partial charge in [-0.15, -0.1) is 0 Å². The van der Waals surface area contributed by atoms with Crippen molar-refractivity contribution in [1.29, 1.82) is 0 Å². The van der Waals surface area contributed by atoms with Crippen molar-refractivity contribution < 1.29 is 29.0 Å². The van der Waals surface area contributed by atoms with Crippen LogP contribution < -0.4 is 10.6 Å². The van der Waals surface area contributed by atoms with E-state index < -0.39 is 29.8 Å². The summed E-state index contributed by atoms with van der Waals surface area (Å²) in [5.74, 6) is 4.91. The quantitative estimate of drug-likeness (QED) is 0.365. The van der Waals surface area contributed by atoms with E-state index >= 15 is 0 Å². The van der Waals surface area contributed by atoms with Gasteiger partial charge in [-0.3, -0.25) is 0 Å². The second-order valence-corrected chi connectivity index (χ2v) is 8.81. The molecule has 0 aromatic heterocycles. The lowest BCUT2D eigenvalue weighted by Gasteiger charge is -2.22. The average molecular weight is 481 g/mol. The molecule has 0 aliphatic carbocycles. The van der Waals surface area contributed by atoms with Gasteiger partial charge in [0.25, 0.3) is 0 Å². The molecule has 0 saturated carbocycles. The van der Waals surface area contributed by atoms with Gasteiger partial charge in [0, 0.05) is 18.5 Å². The average Bonchev–Trinajstić information content (AvgIpc) is 2.80. The monoisotopic (exact) mass is 480 g/mol. The normalized spacial score (nSPS) is 11.4. The van der Waals surface area contributed by atoms with Gasteiger partial charge < -0.3 is 25.2 Å². The van der Waals surface area contributed by atoms with Gasteiger partial charge in [-0.2, -0.15) is 0 Å². The van der Waals surface area contributed by atoms with E-state index in [1.54, 1.807) is 20.8 Å². The number of carboxylic acids is 1. The summed E-state index contributed by atoms with van der Waals surface area (Å²) in [6.45, 7) is 5.73. The first-order valence-corrected chi connectivity index (χ1v) is 11.4. The van der Waals surface area contributed by atoms with Gasteiger partial charge in [-0.05, 0) is 56.9 Å². The fraction of sp³-hybridized carbons (Fsp3) is 0.370. The highest BCUT2D eigenvalue weighted by molar-refractivity contribution is 5.80. The first kappa shape index (κ1) is 27.3. The molecule has 3 N–H and O–H groups in total. The van der Waals surface area contributed by atoms with Crippen LogP contribution in [0.15, 0.2) is 54.6 Å². The molecule has 8 nitrogen and oxygen atoms in total. The van der Waals surface area contributed by atoms with E-state index in [0.29, 0.717) is 19.4 Å². The minimum absolute atomic E-state index is 0.217. The lowest BCUT2D eigenvalue weighted by atomic mass is 10.0. The second kappa shape index (κ2) is 13.7. The number of aryl methyl sites for hydroxylation is 1. The van der Waals surface area contributed by atoms with E-state index in [4.69, 9.17) is 9.47 Å². The minimum Gasteiger partial charge on any atom is -0.480 e. The second-order valence-electron chi connectivity index (χ2n) is 8.81. The Morgan fingerprint density at radius 3 is 2.29 bits per heavy atom. The van der Waals surface area contributed by atoms with Crippen LogP contribution in [0.2, 0.25) is 0 Å². The van der Waals surface area contributed by atoms with E-state index in [0.717, 1.165) is 16.7 Å². The summed E-state index contributed by atoms with van der Waals surface area (Å²) in [7, 11) is 0. The highest BCUT2D eigenvalue weighted by Crippen LogP contribution is 2.10. The van der Waals surface area contributed by atoms with Crippen LogP contribution >= 0.6 is 0 Å². The molecular formula is C27H32N2O6. The van der Waals surface area contributed by atoms with Crippen LogP contribution in [0.3, 0.4) is 0 Å².